The van der Waals surface area contributed by atoms with E-state index in [1.807, 2.05) is 0 Å². The van der Waals surface area contributed by atoms with Gasteiger partial charge in [0.2, 0.25) is 0 Å². The molecule has 0 radical (unpaired) electrons. The second-order valence-electron chi connectivity index (χ2n) is 5.91. The number of hydrogen-bond donors (Lipinski definition) is 1. The van der Waals surface area contributed by atoms with E-state index < -0.39 is 0 Å². The van der Waals surface area contributed by atoms with E-state index in [2.05, 4.69) is 19.2 Å². The minimum absolute atomic E-state index is 0.0541. The molecule has 3 nitrogen and oxygen atoms in total. The van der Waals surface area contributed by atoms with Crippen molar-refractivity contribution in [3.63, 3.8) is 0 Å². The molecule has 2 rings (SSSR count). The number of amides is 1. The Morgan fingerprint density at radius 1 is 1.42 bits per heavy atom. The van der Waals surface area contributed by atoms with Gasteiger partial charge in [0.1, 0.15) is 5.75 Å². The molecule has 1 fully saturated rings. The minimum Gasteiger partial charge on any atom is -0.484 e. The second kappa shape index (κ2) is 5.83. The highest BCUT2D eigenvalue weighted by Crippen LogP contribution is 2.36. The van der Waals surface area contributed by atoms with Gasteiger partial charge in [-0.15, -0.1) is 0 Å². The molecule has 1 aromatic rings. The van der Waals surface area contributed by atoms with Crippen LogP contribution in [0.2, 0.25) is 5.02 Å². The van der Waals surface area contributed by atoms with Crippen LogP contribution in [0.25, 0.3) is 0 Å². The van der Waals surface area contributed by atoms with Gasteiger partial charge in [-0.05, 0) is 48.9 Å². The SMILES string of the molecule is CC1(C)CCC(NC(=O)COc2ccc(Cl)cc2)C1. The molecule has 0 spiro atoms. The molecule has 0 saturated heterocycles. The zero-order valence-electron chi connectivity index (χ0n) is 11.4. The van der Waals surface area contributed by atoms with E-state index in [0.717, 1.165) is 19.3 Å². The van der Waals surface area contributed by atoms with Gasteiger partial charge >= 0.3 is 0 Å². The predicted molar refractivity (Wildman–Crippen MR) is 76.5 cm³/mol. The summed E-state index contributed by atoms with van der Waals surface area (Å²) in [6.07, 6.45) is 3.26. The third kappa shape index (κ3) is 4.43. The van der Waals surface area contributed by atoms with Gasteiger partial charge in [-0.25, -0.2) is 0 Å². The zero-order valence-corrected chi connectivity index (χ0v) is 12.2. The maximum atomic E-state index is 11.8. The van der Waals surface area contributed by atoms with Crippen molar-refractivity contribution < 1.29 is 9.53 Å². The topological polar surface area (TPSA) is 38.3 Å². The smallest absolute Gasteiger partial charge is 0.258 e. The number of nitrogens with one attached hydrogen (secondary N) is 1. The van der Waals surface area contributed by atoms with Crippen LogP contribution in [0.4, 0.5) is 0 Å². The molecule has 1 saturated carbocycles. The quantitative estimate of drug-likeness (QED) is 0.918. The first-order valence-electron chi connectivity index (χ1n) is 6.62. The summed E-state index contributed by atoms with van der Waals surface area (Å²) >= 11 is 5.78. The maximum absolute atomic E-state index is 11.8. The van der Waals surface area contributed by atoms with E-state index in [4.69, 9.17) is 16.3 Å². The Balaban J connectivity index is 1.74. The Kier molecular flexibility index (Phi) is 4.35. The van der Waals surface area contributed by atoms with E-state index in [-0.39, 0.29) is 18.6 Å². The number of halogens is 1. The largest absolute Gasteiger partial charge is 0.484 e. The van der Waals surface area contributed by atoms with Gasteiger partial charge < -0.3 is 10.1 Å². The molecule has 1 N–H and O–H groups in total. The van der Waals surface area contributed by atoms with Crippen molar-refractivity contribution in [3.8, 4) is 5.75 Å². The molecule has 0 heterocycles. The fraction of sp³-hybridized carbons (Fsp3) is 0.533. The van der Waals surface area contributed by atoms with Crippen LogP contribution in [-0.2, 0) is 4.79 Å². The van der Waals surface area contributed by atoms with Crippen LogP contribution < -0.4 is 10.1 Å². The van der Waals surface area contributed by atoms with Crippen molar-refractivity contribution in [2.24, 2.45) is 5.41 Å². The number of benzene rings is 1. The average Bonchev–Trinajstić information content (AvgIpc) is 2.68. The lowest BCUT2D eigenvalue weighted by molar-refractivity contribution is -0.123. The van der Waals surface area contributed by atoms with Gasteiger partial charge in [0, 0.05) is 11.1 Å². The van der Waals surface area contributed by atoms with Crippen LogP contribution in [0.5, 0.6) is 5.75 Å². The molecule has 104 valence electrons. The molecule has 1 amide bonds. The molecule has 0 aromatic heterocycles. The van der Waals surface area contributed by atoms with Crippen molar-refractivity contribution in [2.75, 3.05) is 6.61 Å². The number of carbonyl (C=O) groups excluding carboxylic acids is 1. The Morgan fingerprint density at radius 3 is 2.68 bits per heavy atom. The summed E-state index contributed by atoms with van der Waals surface area (Å²) in [5.41, 5.74) is 0.342. The van der Waals surface area contributed by atoms with Crippen molar-refractivity contribution in [2.45, 2.75) is 39.2 Å². The van der Waals surface area contributed by atoms with E-state index in [9.17, 15) is 4.79 Å². The van der Waals surface area contributed by atoms with Gasteiger partial charge in [0.05, 0.1) is 0 Å². The highest BCUT2D eigenvalue weighted by atomic mass is 35.5. The van der Waals surface area contributed by atoms with Crippen LogP contribution in [0.15, 0.2) is 24.3 Å². The fourth-order valence-electron chi connectivity index (χ4n) is 2.51. The highest BCUT2D eigenvalue weighted by Gasteiger charge is 2.31. The van der Waals surface area contributed by atoms with Crippen LogP contribution in [-0.4, -0.2) is 18.6 Å². The Labute approximate surface area is 119 Å². The average molecular weight is 282 g/mol. The number of hydrogen-bond acceptors (Lipinski definition) is 2. The molecule has 0 aliphatic heterocycles. The standard InChI is InChI=1S/C15H20ClNO2/c1-15(2)8-7-12(9-15)17-14(18)10-19-13-5-3-11(16)4-6-13/h3-6,12H,7-10H2,1-2H3,(H,17,18). The molecule has 1 unspecified atom stereocenters. The minimum atomic E-state index is -0.0577. The van der Waals surface area contributed by atoms with Gasteiger partial charge in [-0.2, -0.15) is 0 Å². The predicted octanol–water partition coefficient (Wildman–Crippen LogP) is 3.41. The van der Waals surface area contributed by atoms with E-state index in [1.165, 1.54) is 0 Å². The summed E-state index contributed by atoms with van der Waals surface area (Å²) in [4.78, 5) is 11.8. The van der Waals surface area contributed by atoms with Crippen LogP contribution in [0.1, 0.15) is 33.1 Å². The van der Waals surface area contributed by atoms with Crippen molar-refractivity contribution in [3.05, 3.63) is 29.3 Å². The number of ether oxygens (including phenoxy) is 1. The Bertz CT molecular complexity index is 442. The van der Waals surface area contributed by atoms with Crippen molar-refractivity contribution in [1.29, 1.82) is 0 Å². The molecular formula is C15H20ClNO2. The van der Waals surface area contributed by atoms with Gasteiger partial charge in [0.15, 0.2) is 6.61 Å². The Hall–Kier alpha value is -1.22. The first-order chi connectivity index (χ1) is 8.94. The molecule has 1 atom stereocenters. The summed E-state index contributed by atoms with van der Waals surface area (Å²) < 4.78 is 5.41. The van der Waals surface area contributed by atoms with E-state index in [0.29, 0.717) is 16.2 Å². The number of carbonyl (C=O) groups is 1. The normalized spacial score (nSPS) is 21.1. The second-order valence-corrected chi connectivity index (χ2v) is 6.35. The molecule has 1 aromatic carbocycles. The summed E-state index contributed by atoms with van der Waals surface area (Å²) in [7, 11) is 0. The lowest BCUT2D eigenvalue weighted by atomic mass is 9.92. The van der Waals surface area contributed by atoms with Crippen LogP contribution in [0, 0.1) is 5.41 Å². The first kappa shape index (κ1) is 14.2. The van der Waals surface area contributed by atoms with Crippen LogP contribution >= 0.6 is 11.6 Å². The third-order valence-electron chi connectivity index (χ3n) is 3.52. The maximum Gasteiger partial charge on any atom is 0.258 e. The summed E-state index contributed by atoms with van der Waals surface area (Å²) in [6.45, 7) is 4.53. The number of rotatable bonds is 4. The fourth-order valence-corrected chi connectivity index (χ4v) is 2.63. The highest BCUT2D eigenvalue weighted by molar-refractivity contribution is 6.30. The first-order valence-corrected chi connectivity index (χ1v) is 7.00. The van der Waals surface area contributed by atoms with E-state index in [1.54, 1.807) is 24.3 Å². The summed E-state index contributed by atoms with van der Waals surface area (Å²) in [5.74, 6) is 0.601. The third-order valence-corrected chi connectivity index (χ3v) is 3.77. The molecule has 1 aliphatic carbocycles. The molecule has 0 bridgehead atoms. The molecule has 4 heteroatoms. The van der Waals surface area contributed by atoms with Crippen LogP contribution in [0.3, 0.4) is 0 Å². The zero-order chi connectivity index (χ0) is 13.9. The van der Waals surface area contributed by atoms with Gasteiger partial charge in [0.25, 0.3) is 5.91 Å². The Morgan fingerprint density at radius 2 is 2.11 bits per heavy atom. The molecule has 19 heavy (non-hydrogen) atoms. The van der Waals surface area contributed by atoms with Gasteiger partial charge in [-0.1, -0.05) is 25.4 Å². The summed E-state index contributed by atoms with van der Waals surface area (Å²) in [5, 5.41) is 3.68. The van der Waals surface area contributed by atoms with Crippen molar-refractivity contribution in [1.82, 2.24) is 5.32 Å². The monoisotopic (exact) mass is 281 g/mol. The van der Waals surface area contributed by atoms with Gasteiger partial charge in [-0.3, -0.25) is 4.79 Å². The lowest BCUT2D eigenvalue weighted by Crippen LogP contribution is -2.36. The van der Waals surface area contributed by atoms with Crippen molar-refractivity contribution >= 4 is 17.5 Å². The molecular weight excluding hydrogens is 262 g/mol. The summed E-state index contributed by atoms with van der Waals surface area (Å²) in [6, 6.07) is 7.29. The molecule has 1 aliphatic rings. The van der Waals surface area contributed by atoms with E-state index >= 15 is 0 Å². The lowest BCUT2D eigenvalue weighted by Gasteiger charge is -2.18.